The van der Waals surface area contributed by atoms with Gasteiger partial charge in [0.15, 0.2) is 0 Å². The number of hydrogen-bond acceptors (Lipinski definition) is 4. The van der Waals surface area contributed by atoms with Crippen molar-refractivity contribution in [3.63, 3.8) is 0 Å². The molecule has 126 valence electrons. The first-order valence-electron chi connectivity index (χ1n) is 6.79. The van der Waals surface area contributed by atoms with Gasteiger partial charge in [0.2, 0.25) is 11.8 Å². The summed E-state index contributed by atoms with van der Waals surface area (Å²) >= 11 is 12.9. The molecular weight excluding hydrogens is 373 g/mol. The Morgan fingerprint density at radius 3 is 2.38 bits per heavy atom. The molecule has 0 fully saturated rings. The van der Waals surface area contributed by atoms with Crippen LogP contribution in [0.25, 0.3) is 0 Å². The van der Waals surface area contributed by atoms with Crippen LogP contribution in [0.5, 0.6) is 0 Å². The minimum absolute atomic E-state index is 0.212. The van der Waals surface area contributed by atoms with Crippen molar-refractivity contribution >= 4 is 57.9 Å². The third-order valence-corrected chi connectivity index (χ3v) is 4.41. The van der Waals surface area contributed by atoms with Gasteiger partial charge in [-0.25, -0.2) is 0 Å². The van der Waals surface area contributed by atoms with Gasteiger partial charge in [0.25, 0.3) is 5.91 Å². The summed E-state index contributed by atoms with van der Waals surface area (Å²) in [5.74, 6) is -1.23. The van der Waals surface area contributed by atoms with Crippen LogP contribution in [0.4, 0.5) is 5.69 Å². The summed E-state index contributed by atoms with van der Waals surface area (Å²) in [7, 11) is 0. The highest BCUT2D eigenvalue weighted by Crippen LogP contribution is 2.24. The number of rotatable bonds is 6. The van der Waals surface area contributed by atoms with Gasteiger partial charge in [0.05, 0.1) is 28.0 Å². The minimum atomic E-state index is -0.468. The summed E-state index contributed by atoms with van der Waals surface area (Å²) in [4.78, 5) is 35.6. The monoisotopic (exact) mass is 385 g/mol. The van der Waals surface area contributed by atoms with E-state index < -0.39 is 11.8 Å². The topological polar surface area (TPSA) is 87.3 Å². The van der Waals surface area contributed by atoms with Crippen molar-refractivity contribution < 1.29 is 14.4 Å². The predicted molar refractivity (Wildman–Crippen MR) is 94.8 cm³/mol. The molecule has 6 nitrogen and oxygen atoms in total. The molecule has 24 heavy (non-hydrogen) atoms. The molecule has 0 bridgehead atoms. The number of carbonyl (C=O) groups is 3. The first-order chi connectivity index (χ1) is 11.5. The van der Waals surface area contributed by atoms with Crippen LogP contribution in [0, 0.1) is 0 Å². The summed E-state index contributed by atoms with van der Waals surface area (Å²) in [5, 5.41) is 9.91. The average molecular weight is 386 g/mol. The number of benzene rings is 1. The number of anilines is 1. The second kappa shape index (κ2) is 8.68. The Balaban J connectivity index is 1.72. The highest BCUT2D eigenvalue weighted by Gasteiger charge is 2.10. The van der Waals surface area contributed by atoms with Crippen LogP contribution in [-0.2, 0) is 9.59 Å². The molecule has 1 heterocycles. The normalized spacial score (nSPS) is 10.1. The molecule has 3 N–H and O–H groups in total. The van der Waals surface area contributed by atoms with Crippen LogP contribution in [-0.4, -0.2) is 30.8 Å². The number of amides is 3. The van der Waals surface area contributed by atoms with E-state index in [1.807, 2.05) is 0 Å². The fourth-order valence-electron chi connectivity index (χ4n) is 1.68. The van der Waals surface area contributed by atoms with Gasteiger partial charge in [-0.3, -0.25) is 14.4 Å². The molecule has 0 atom stereocenters. The second-order valence-electron chi connectivity index (χ2n) is 4.61. The SMILES string of the molecule is O=C(CNC(=O)c1cccs1)NCC(=O)Nc1ccc(Cl)c(Cl)c1. The molecular formula is C15H13Cl2N3O3S. The lowest BCUT2D eigenvalue weighted by molar-refractivity contribution is -0.123. The van der Waals surface area contributed by atoms with E-state index in [-0.39, 0.29) is 19.0 Å². The minimum Gasteiger partial charge on any atom is -0.345 e. The van der Waals surface area contributed by atoms with Crippen molar-refractivity contribution in [2.24, 2.45) is 0 Å². The van der Waals surface area contributed by atoms with Crippen LogP contribution < -0.4 is 16.0 Å². The van der Waals surface area contributed by atoms with E-state index in [1.165, 1.54) is 17.4 Å². The molecule has 0 saturated carbocycles. The van der Waals surface area contributed by atoms with Crippen LogP contribution in [0.2, 0.25) is 10.0 Å². The standard InChI is InChI=1S/C15H13Cl2N3O3S/c16-10-4-3-9(6-11(10)17)20-14(22)8-18-13(21)7-19-15(23)12-2-1-5-24-12/h1-6H,7-8H2,(H,18,21)(H,19,23)(H,20,22). The Hall–Kier alpha value is -2.09. The Kier molecular flexibility index (Phi) is 6.60. The molecule has 0 spiro atoms. The van der Waals surface area contributed by atoms with Crippen LogP contribution in [0.15, 0.2) is 35.7 Å². The van der Waals surface area contributed by atoms with Gasteiger partial charge in [-0.1, -0.05) is 29.3 Å². The van der Waals surface area contributed by atoms with Crippen molar-refractivity contribution in [2.45, 2.75) is 0 Å². The molecule has 0 aliphatic heterocycles. The fourth-order valence-corrected chi connectivity index (χ4v) is 2.61. The highest BCUT2D eigenvalue weighted by atomic mass is 35.5. The molecule has 0 unspecified atom stereocenters. The number of thiophene rings is 1. The largest absolute Gasteiger partial charge is 0.345 e. The van der Waals surface area contributed by atoms with Crippen LogP contribution in [0.3, 0.4) is 0 Å². The molecule has 1 aromatic heterocycles. The number of nitrogens with one attached hydrogen (secondary N) is 3. The van der Waals surface area contributed by atoms with Crippen molar-refractivity contribution in [2.75, 3.05) is 18.4 Å². The lowest BCUT2D eigenvalue weighted by Crippen LogP contribution is -2.40. The summed E-state index contributed by atoms with van der Waals surface area (Å²) in [5.41, 5.74) is 0.467. The van der Waals surface area contributed by atoms with E-state index >= 15 is 0 Å². The highest BCUT2D eigenvalue weighted by molar-refractivity contribution is 7.12. The van der Waals surface area contributed by atoms with Gasteiger partial charge in [-0.05, 0) is 29.6 Å². The molecule has 0 aliphatic rings. The maximum atomic E-state index is 11.8. The zero-order valence-corrected chi connectivity index (χ0v) is 14.6. The van der Waals surface area contributed by atoms with Gasteiger partial charge in [0, 0.05) is 5.69 Å². The van der Waals surface area contributed by atoms with E-state index in [9.17, 15) is 14.4 Å². The van der Waals surface area contributed by atoms with Gasteiger partial charge in [-0.2, -0.15) is 0 Å². The Labute approximate surface area is 152 Å². The average Bonchev–Trinajstić information content (AvgIpc) is 3.08. The van der Waals surface area contributed by atoms with Crippen molar-refractivity contribution in [1.82, 2.24) is 10.6 Å². The van der Waals surface area contributed by atoms with Gasteiger partial charge in [-0.15, -0.1) is 11.3 Å². The predicted octanol–water partition coefficient (Wildman–Crippen LogP) is 2.54. The first kappa shape index (κ1) is 18.3. The zero-order valence-electron chi connectivity index (χ0n) is 12.3. The second-order valence-corrected chi connectivity index (χ2v) is 6.38. The molecule has 2 aromatic rings. The molecule has 0 saturated heterocycles. The summed E-state index contributed by atoms with van der Waals surface area (Å²) < 4.78 is 0. The van der Waals surface area contributed by atoms with E-state index in [0.29, 0.717) is 20.6 Å². The fraction of sp³-hybridized carbons (Fsp3) is 0.133. The number of hydrogen-bond donors (Lipinski definition) is 3. The summed E-state index contributed by atoms with van der Waals surface area (Å²) in [6, 6.07) is 8.05. The molecule has 1 aromatic carbocycles. The maximum Gasteiger partial charge on any atom is 0.261 e. The molecule has 3 amide bonds. The Morgan fingerprint density at radius 2 is 1.71 bits per heavy atom. The quantitative estimate of drug-likeness (QED) is 0.713. The lowest BCUT2D eigenvalue weighted by atomic mass is 10.3. The van der Waals surface area contributed by atoms with Gasteiger partial charge >= 0.3 is 0 Å². The Bertz CT molecular complexity index is 750. The third kappa shape index (κ3) is 5.52. The number of halogens is 2. The van der Waals surface area contributed by atoms with E-state index in [1.54, 1.807) is 29.6 Å². The van der Waals surface area contributed by atoms with Crippen LogP contribution >= 0.6 is 34.5 Å². The lowest BCUT2D eigenvalue weighted by Gasteiger charge is -2.08. The van der Waals surface area contributed by atoms with E-state index in [0.717, 1.165) is 0 Å². The van der Waals surface area contributed by atoms with E-state index in [2.05, 4.69) is 16.0 Å². The molecule has 9 heteroatoms. The zero-order chi connectivity index (χ0) is 17.5. The Morgan fingerprint density at radius 1 is 0.958 bits per heavy atom. The van der Waals surface area contributed by atoms with Gasteiger partial charge in [0.1, 0.15) is 0 Å². The summed E-state index contributed by atoms with van der Waals surface area (Å²) in [6.45, 7) is -0.440. The summed E-state index contributed by atoms with van der Waals surface area (Å²) in [6.07, 6.45) is 0. The molecule has 0 aliphatic carbocycles. The molecule has 2 rings (SSSR count). The van der Waals surface area contributed by atoms with E-state index in [4.69, 9.17) is 23.2 Å². The first-order valence-corrected chi connectivity index (χ1v) is 8.42. The number of carbonyl (C=O) groups excluding carboxylic acids is 3. The third-order valence-electron chi connectivity index (χ3n) is 2.80. The van der Waals surface area contributed by atoms with Crippen molar-refractivity contribution in [3.05, 3.63) is 50.6 Å². The van der Waals surface area contributed by atoms with Crippen LogP contribution in [0.1, 0.15) is 9.67 Å². The van der Waals surface area contributed by atoms with Crippen molar-refractivity contribution in [1.29, 1.82) is 0 Å². The molecule has 0 radical (unpaired) electrons. The van der Waals surface area contributed by atoms with Gasteiger partial charge < -0.3 is 16.0 Å². The maximum absolute atomic E-state index is 11.8. The van der Waals surface area contributed by atoms with Crippen molar-refractivity contribution in [3.8, 4) is 0 Å². The smallest absolute Gasteiger partial charge is 0.261 e.